The fourth-order valence-corrected chi connectivity index (χ4v) is 1.98. The van der Waals surface area contributed by atoms with Crippen molar-refractivity contribution in [1.82, 2.24) is 10.2 Å². The lowest BCUT2D eigenvalue weighted by Gasteiger charge is -2.17. The Morgan fingerprint density at radius 1 is 1.53 bits per heavy atom. The van der Waals surface area contributed by atoms with Gasteiger partial charge in [-0.3, -0.25) is 9.59 Å². The number of likely N-dealkylation sites (tertiary alicyclic amines) is 1. The minimum absolute atomic E-state index is 0.0340. The van der Waals surface area contributed by atoms with Gasteiger partial charge >= 0.3 is 0 Å². The number of nitrogens with one attached hydrogen (secondary N) is 1. The Labute approximate surface area is 104 Å². The third kappa shape index (κ3) is 4.02. The lowest BCUT2D eigenvalue weighted by atomic mass is 10.1. The summed E-state index contributed by atoms with van der Waals surface area (Å²) < 4.78 is 0. The molecule has 1 aliphatic rings. The number of unbranched alkanes of at least 4 members (excludes halogenated alkanes) is 1. The predicted molar refractivity (Wildman–Crippen MR) is 67.5 cm³/mol. The van der Waals surface area contributed by atoms with Gasteiger partial charge < -0.3 is 10.2 Å². The monoisotopic (exact) mass is 240 g/mol. The molecule has 0 aromatic carbocycles. The average molecular weight is 240 g/mol. The molecule has 4 heteroatoms. The number of nitrogens with zero attached hydrogens (tertiary/aromatic N) is 1. The van der Waals surface area contributed by atoms with Crippen LogP contribution in [-0.2, 0) is 9.59 Å². The minimum Gasteiger partial charge on any atom is -0.353 e. The molecular formula is C13H24N2O2. The van der Waals surface area contributed by atoms with E-state index in [0.717, 1.165) is 25.8 Å². The molecule has 1 heterocycles. The maximum Gasteiger partial charge on any atom is 0.225 e. The van der Waals surface area contributed by atoms with Crippen LogP contribution < -0.4 is 5.32 Å². The van der Waals surface area contributed by atoms with Crippen LogP contribution in [0.5, 0.6) is 0 Å². The van der Waals surface area contributed by atoms with Gasteiger partial charge in [-0.1, -0.05) is 20.3 Å². The van der Waals surface area contributed by atoms with Crippen molar-refractivity contribution in [3.8, 4) is 0 Å². The minimum atomic E-state index is -0.145. The zero-order valence-electron chi connectivity index (χ0n) is 11.2. The Kier molecular flexibility index (Phi) is 5.45. The predicted octanol–water partition coefficient (Wildman–Crippen LogP) is 1.55. The molecule has 0 unspecified atom stereocenters. The molecular weight excluding hydrogens is 216 g/mol. The summed E-state index contributed by atoms with van der Waals surface area (Å²) in [6.45, 7) is 7.53. The van der Waals surface area contributed by atoms with Crippen LogP contribution in [0.4, 0.5) is 0 Å². The van der Waals surface area contributed by atoms with Crippen LogP contribution in [0.2, 0.25) is 0 Å². The molecule has 0 spiro atoms. The average Bonchev–Trinajstić information content (AvgIpc) is 2.68. The highest BCUT2D eigenvalue weighted by molar-refractivity contribution is 5.89. The standard InChI is InChI=1S/C13H24N2O2/c1-4-6-7-15-9-11(8-12(15)16)13(17)14-10(3)5-2/h10-11H,4-9H2,1-3H3,(H,14,17)/t10-,11+/m1/s1. The SMILES string of the molecule is CCCCN1C[C@@H](C(=O)N[C@H](C)CC)CC1=O. The van der Waals surface area contributed by atoms with Gasteiger partial charge in [-0.05, 0) is 19.8 Å². The molecule has 0 aliphatic carbocycles. The first kappa shape index (κ1) is 14.0. The molecule has 2 amide bonds. The third-order valence-electron chi connectivity index (χ3n) is 3.37. The first-order chi connectivity index (χ1) is 8.08. The molecule has 0 bridgehead atoms. The Morgan fingerprint density at radius 3 is 2.82 bits per heavy atom. The van der Waals surface area contributed by atoms with Gasteiger partial charge in [-0.15, -0.1) is 0 Å². The van der Waals surface area contributed by atoms with Crippen LogP contribution in [0, 0.1) is 5.92 Å². The number of hydrogen-bond acceptors (Lipinski definition) is 2. The quantitative estimate of drug-likeness (QED) is 0.766. The van der Waals surface area contributed by atoms with Crippen molar-refractivity contribution in [3.05, 3.63) is 0 Å². The van der Waals surface area contributed by atoms with Crippen molar-refractivity contribution in [2.45, 2.75) is 52.5 Å². The number of carbonyl (C=O) groups excluding carboxylic acids is 2. The van der Waals surface area contributed by atoms with Crippen molar-refractivity contribution < 1.29 is 9.59 Å². The van der Waals surface area contributed by atoms with Gasteiger partial charge in [0, 0.05) is 25.6 Å². The molecule has 0 saturated carbocycles. The molecule has 1 rings (SSSR count). The number of amides is 2. The zero-order chi connectivity index (χ0) is 12.8. The van der Waals surface area contributed by atoms with Crippen LogP contribution in [0.3, 0.4) is 0 Å². The van der Waals surface area contributed by atoms with Gasteiger partial charge in [0.25, 0.3) is 0 Å². The summed E-state index contributed by atoms with van der Waals surface area (Å²) in [6.07, 6.45) is 3.40. The molecule has 0 radical (unpaired) electrons. The van der Waals surface area contributed by atoms with Crippen molar-refractivity contribution in [2.24, 2.45) is 5.92 Å². The summed E-state index contributed by atoms with van der Waals surface area (Å²) in [7, 11) is 0. The number of carbonyl (C=O) groups is 2. The van der Waals surface area contributed by atoms with Gasteiger partial charge in [0.1, 0.15) is 0 Å². The fraction of sp³-hybridized carbons (Fsp3) is 0.846. The van der Waals surface area contributed by atoms with Crippen LogP contribution in [0.1, 0.15) is 46.5 Å². The van der Waals surface area contributed by atoms with E-state index in [9.17, 15) is 9.59 Å². The van der Waals surface area contributed by atoms with Crippen LogP contribution in [0.25, 0.3) is 0 Å². The second kappa shape index (κ2) is 6.62. The molecule has 1 saturated heterocycles. The first-order valence-corrected chi connectivity index (χ1v) is 6.66. The molecule has 1 fully saturated rings. The third-order valence-corrected chi connectivity index (χ3v) is 3.37. The lowest BCUT2D eigenvalue weighted by Crippen LogP contribution is -2.38. The van der Waals surface area contributed by atoms with E-state index in [-0.39, 0.29) is 23.8 Å². The van der Waals surface area contributed by atoms with Crippen LogP contribution >= 0.6 is 0 Å². The van der Waals surface area contributed by atoms with E-state index >= 15 is 0 Å². The van der Waals surface area contributed by atoms with E-state index in [2.05, 4.69) is 12.2 Å². The van der Waals surface area contributed by atoms with E-state index in [4.69, 9.17) is 0 Å². The van der Waals surface area contributed by atoms with E-state index < -0.39 is 0 Å². The Hall–Kier alpha value is -1.06. The topological polar surface area (TPSA) is 49.4 Å². The maximum absolute atomic E-state index is 11.9. The summed E-state index contributed by atoms with van der Waals surface area (Å²) in [6, 6.07) is 0.197. The molecule has 0 aromatic rings. The van der Waals surface area contributed by atoms with Crippen molar-refractivity contribution in [1.29, 1.82) is 0 Å². The Bertz CT molecular complexity index is 279. The smallest absolute Gasteiger partial charge is 0.225 e. The van der Waals surface area contributed by atoms with E-state index in [1.165, 1.54) is 0 Å². The van der Waals surface area contributed by atoms with E-state index in [1.807, 2.05) is 18.7 Å². The molecule has 1 N–H and O–H groups in total. The van der Waals surface area contributed by atoms with Gasteiger partial charge in [0.15, 0.2) is 0 Å². The van der Waals surface area contributed by atoms with Gasteiger partial charge in [-0.25, -0.2) is 0 Å². The maximum atomic E-state index is 11.9. The van der Waals surface area contributed by atoms with E-state index in [1.54, 1.807) is 0 Å². The first-order valence-electron chi connectivity index (χ1n) is 6.66. The zero-order valence-corrected chi connectivity index (χ0v) is 11.2. The number of hydrogen-bond donors (Lipinski definition) is 1. The lowest BCUT2D eigenvalue weighted by molar-refractivity contribution is -0.129. The highest BCUT2D eigenvalue weighted by Gasteiger charge is 2.33. The van der Waals surface area contributed by atoms with Gasteiger partial charge in [0.2, 0.25) is 11.8 Å². The molecule has 2 atom stereocenters. The molecule has 17 heavy (non-hydrogen) atoms. The molecule has 1 aliphatic heterocycles. The highest BCUT2D eigenvalue weighted by atomic mass is 16.2. The summed E-state index contributed by atoms with van der Waals surface area (Å²) in [4.78, 5) is 25.4. The largest absolute Gasteiger partial charge is 0.353 e. The van der Waals surface area contributed by atoms with Gasteiger partial charge in [0.05, 0.1) is 5.92 Å². The van der Waals surface area contributed by atoms with Crippen LogP contribution in [0.15, 0.2) is 0 Å². The Morgan fingerprint density at radius 2 is 2.24 bits per heavy atom. The Balaban J connectivity index is 2.42. The molecule has 98 valence electrons. The normalized spacial score (nSPS) is 21.7. The molecule has 0 aromatic heterocycles. The second-order valence-corrected chi connectivity index (χ2v) is 4.91. The van der Waals surface area contributed by atoms with Crippen molar-refractivity contribution in [2.75, 3.05) is 13.1 Å². The highest BCUT2D eigenvalue weighted by Crippen LogP contribution is 2.18. The van der Waals surface area contributed by atoms with Gasteiger partial charge in [-0.2, -0.15) is 0 Å². The summed E-state index contributed by atoms with van der Waals surface area (Å²) in [5, 5.41) is 2.95. The summed E-state index contributed by atoms with van der Waals surface area (Å²) in [5.41, 5.74) is 0. The molecule has 4 nitrogen and oxygen atoms in total. The van der Waals surface area contributed by atoms with Crippen molar-refractivity contribution >= 4 is 11.8 Å². The fourth-order valence-electron chi connectivity index (χ4n) is 1.98. The van der Waals surface area contributed by atoms with E-state index in [0.29, 0.717) is 13.0 Å². The summed E-state index contributed by atoms with van der Waals surface area (Å²) in [5.74, 6) is 0.0165. The summed E-state index contributed by atoms with van der Waals surface area (Å²) >= 11 is 0. The van der Waals surface area contributed by atoms with Crippen molar-refractivity contribution in [3.63, 3.8) is 0 Å². The van der Waals surface area contributed by atoms with Crippen LogP contribution in [-0.4, -0.2) is 35.8 Å². The second-order valence-electron chi connectivity index (χ2n) is 4.91. The number of rotatable bonds is 6.